The highest BCUT2D eigenvalue weighted by Crippen LogP contribution is 2.25. The van der Waals surface area contributed by atoms with E-state index in [2.05, 4.69) is 10.2 Å². The SMILES string of the molecule is O=C(NC[C@H](c1ccc(Cl)cc1)N1CCCCC1)c1cc(=O)c2cc(Cl)ccc2o1. The van der Waals surface area contributed by atoms with Crippen molar-refractivity contribution in [2.24, 2.45) is 0 Å². The first kappa shape index (κ1) is 20.9. The van der Waals surface area contributed by atoms with Gasteiger partial charge < -0.3 is 9.73 Å². The molecule has 1 amide bonds. The molecule has 1 fully saturated rings. The summed E-state index contributed by atoms with van der Waals surface area (Å²) in [5.41, 5.74) is 1.13. The van der Waals surface area contributed by atoms with Crippen LogP contribution in [0.5, 0.6) is 0 Å². The van der Waals surface area contributed by atoms with Crippen molar-refractivity contribution in [3.05, 3.63) is 80.1 Å². The standard InChI is InChI=1S/C23H22Cl2N2O3/c24-16-6-4-15(5-7-16)19(27-10-2-1-3-11-27)14-26-23(29)22-13-20(28)18-12-17(25)8-9-21(18)30-22/h4-9,12-13,19H,1-3,10-11,14H2,(H,26,29)/t19-/m1/s1. The zero-order valence-corrected chi connectivity index (χ0v) is 17.9. The van der Waals surface area contributed by atoms with Gasteiger partial charge in [-0.25, -0.2) is 0 Å². The topological polar surface area (TPSA) is 62.6 Å². The van der Waals surface area contributed by atoms with E-state index in [1.807, 2.05) is 24.3 Å². The monoisotopic (exact) mass is 444 g/mol. The van der Waals surface area contributed by atoms with Crippen molar-refractivity contribution < 1.29 is 9.21 Å². The number of rotatable bonds is 5. The number of carbonyl (C=O) groups is 1. The number of halogens is 2. The van der Waals surface area contributed by atoms with Crippen molar-refractivity contribution in [1.82, 2.24) is 10.2 Å². The van der Waals surface area contributed by atoms with Crippen molar-refractivity contribution >= 4 is 40.1 Å². The summed E-state index contributed by atoms with van der Waals surface area (Å²) >= 11 is 12.0. The lowest BCUT2D eigenvalue weighted by atomic mass is 10.0. The smallest absolute Gasteiger partial charge is 0.287 e. The van der Waals surface area contributed by atoms with E-state index in [0.717, 1.165) is 31.5 Å². The quantitative estimate of drug-likeness (QED) is 0.597. The molecule has 5 nitrogen and oxygen atoms in total. The zero-order chi connectivity index (χ0) is 21.1. The minimum atomic E-state index is -0.417. The Morgan fingerprint density at radius 2 is 1.70 bits per heavy atom. The highest BCUT2D eigenvalue weighted by atomic mass is 35.5. The van der Waals surface area contributed by atoms with Crippen molar-refractivity contribution in [2.45, 2.75) is 25.3 Å². The maximum atomic E-state index is 12.8. The van der Waals surface area contributed by atoms with E-state index in [9.17, 15) is 9.59 Å². The Bertz CT molecular complexity index is 1110. The molecule has 1 N–H and O–H groups in total. The van der Waals surface area contributed by atoms with Crippen LogP contribution in [0.2, 0.25) is 10.0 Å². The first-order valence-electron chi connectivity index (χ1n) is 10.0. The fourth-order valence-corrected chi connectivity index (χ4v) is 4.19. The number of amides is 1. The Morgan fingerprint density at radius 3 is 2.43 bits per heavy atom. The molecule has 156 valence electrons. The number of hydrogen-bond donors (Lipinski definition) is 1. The molecule has 30 heavy (non-hydrogen) atoms. The van der Waals surface area contributed by atoms with Crippen LogP contribution < -0.4 is 10.7 Å². The number of nitrogens with one attached hydrogen (secondary N) is 1. The molecular formula is C23H22Cl2N2O3. The molecule has 3 aromatic rings. The third-order valence-corrected chi connectivity index (χ3v) is 5.94. The van der Waals surface area contributed by atoms with E-state index in [1.54, 1.807) is 12.1 Å². The number of piperidine rings is 1. The van der Waals surface area contributed by atoms with E-state index < -0.39 is 5.91 Å². The second-order valence-corrected chi connectivity index (χ2v) is 8.36. The first-order chi connectivity index (χ1) is 14.5. The Morgan fingerprint density at radius 1 is 1.00 bits per heavy atom. The minimum absolute atomic E-state index is 0.0108. The van der Waals surface area contributed by atoms with Crippen LogP contribution >= 0.6 is 23.2 Å². The normalized spacial score (nSPS) is 15.8. The summed E-state index contributed by atoms with van der Waals surface area (Å²) in [5.74, 6) is -0.428. The first-order valence-corrected chi connectivity index (χ1v) is 10.8. The molecule has 2 heterocycles. The number of nitrogens with zero attached hydrogens (tertiary/aromatic N) is 1. The van der Waals surface area contributed by atoms with Crippen molar-refractivity contribution in [3.63, 3.8) is 0 Å². The maximum absolute atomic E-state index is 12.8. The molecule has 1 aliphatic rings. The highest BCUT2D eigenvalue weighted by Gasteiger charge is 2.23. The van der Waals surface area contributed by atoms with Crippen LogP contribution in [0.15, 0.2) is 57.7 Å². The van der Waals surface area contributed by atoms with Crippen molar-refractivity contribution in [1.29, 1.82) is 0 Å². The van der Waals surface area contributed by atoms with E-state index in [0.29, 0.717) is 27.6 Å². The second kappa shape index (κ2) is 9.21. The average molecular weight is 445 g/mol. The summed E-state index contributed by atoms with van der Waals surface area (Å²) in [6.07, 6.45) is 3.50. The Kier molecular flexibility index (Phi) is 6.42. The Hall–Kier alpha value is -2.34. The number of likely N-dealkylation sites (tertiary alicyclic amines) is 1. The van der Waals surface area contributed by atoms with Crippen molar-refractivity contribution in [3.8, 4) is 0 Å². The summed E-state index contributed by atoms with van der Waals surface area (Å²) in [7, 11) is 0. The molecule has 0 unspecified atom stereocenters. The molecule has 1 aliphatic heterocycles. The lowest BCUT2D eigenvalue weighted by Gasteiger charge is -2.35. The lowest BCUT2D eigenvalue weighted by Crippen LogP contribution is -2.40. The fourth-order valence-electron chi connectivity index (χ4n) is 3.89. The molecular weight excluding hydrogens is 423 g/mol. The number of fused-ring (bicyclic) bond motifs is 1. The van der Waals surface area contributed by atoms with E-state index in [4.69, 9.17) is 27.6 Å². The van der Waals surface area contributed by atoms with Crippen LogP contribution in [0.1, 0.15) is 41.4 Å². The van der Waals surface area contributed by atoms with Gasteiger partial charge in [0.25, 0.3) is 5.91 Å². The Balaban J connectivity index is 1.55. The molecule has 0 bridgehead atoms. The van der Waals surface area contributed by atoms with Gasteiger partial charge in [-0.3, -0.25) is 14.5 Å². The number of hydrogen-bond acceptors (Lipinski definition) is 4. The molecule has 0 radical (unpaired) electrons. The van der Waals surface area contributed by atoms with E-state index in [1.165, 1.54) is 18.6 Å². The number of carbonyl (C=O) groups excluding carboxylic acids is 1. The van der Waals surface area contributed by atoms with Gasteiger partial charge in [0, 0.05) is 22.7 Å². The molecule has 0 spiro atoms. The van der Waals surface area contributed by atoms with Gasteiger partial charge in [0.1, 0.15) is 5.58 Å². The van der Waals surface area contributed by atoms with E-state index >= 15 is 0 Å². The van der Waals surface area contributed by atoms with Gasteiger partial charge in [-0.05, 0) is 61.8 Å². The van der Waals surface area contributed by atoms with Crippen LogP contribution in [0.25, 0.3) is 11.0 Å². The van der Waals surface area contributed by atoms with Crippen LogP contribution in [-0.4, -0.2) is 30.4 Å². The highest BCUT2D eigenvalue weighted by molar-refractivity contribution is 6.31. The van der Waals surface area contributed by atoms with Gasteiger partial charge in [0.05, 0.1) is 11.4 Å². The molecule has 4 rings (SSSR count). The van der Waals surface area contributed by atoms with E-state index in [-0.39, 0.29) is 17.2 Å². The van der Waals surface area contributed by atoms with Crippen LogP contribution in [0.4, 0.5) is 0 Å². The summed E-state index contributed by atoms with van der Waals surface area (Å²) in [6, 6.07) is 13.7. The molecule has 1 aromatic heterocycles. The second-order valence-electron chi connectivity index (χ2n) is 7.49. The average Bonchev–Trinajstić information content (AvgIpc) is 2.76. The third-order valence-electron chi connectivity index (χ3n) is 5.46. The Labute approximate surface area is 184 Å². The van der Waals surface area contributed by atoms with Gasteiger partial charge in [0.2, 0.25) is 0 Å². The molecule has 1 saturated heterocycles. The van der Waals surface area contributed by atoms with Gasteiger partial charge in [0.15, 0.2) is 11.2 Å². The maximum Gasteiger partial charge on any atom is 0.287 e. The summed E-state index contributed by atoms with van der Waals surface area (Å²) in [5, 5.41) is 4.42. The van der Waals surface area contributed by atoms with Crippen LogP contribution in [-0.2, 0) is 0 Å². The molecule has 7 heteroatoms. The largest absolute Gasteiger partial charge is 0.451 e. The minimum Gasteiger partial charge on any atom is -0.451 e. The molecule has 0 aliphatic carbocycles. The third kappa shape index (κ3) is 4.69. The van der Waals surface area contributed by atoms with Crippen molar-refractivity contribution in [2.75, 3.05) is 19.6 Å². The van der Waals surface area contributed by atoms with Gasteiger partial charge >= 0.3 is 0 Å². The van der Waals surface area contributed by atoms with Crippen LogP contribution in [0, 0.1) is 0 Å². The predicted molar refractivity (Wildman–Crippen MR) is 119 cm³/mol. The molecule has 0 saturated carbocycles. The van der Waals surface area contributed by atoms with Gasteiger partial charge in [-0.15, -0.1) is 0 Å². The predicted octanol–water partition coefficient (Wildman–Crippen LogP) is 5.06. The summed E-state index contributed by atoms with van der Waals surface area (Å²) < 4.78 is 5.66. The number of benzene rings is 2. The van der Waals surface area contributed by atoms with Gasteiger partial charge in [-0.1, -0.05) is 41.8 Å². The van der Waals surface area contributed by atoms with Gasteiger partial charge in [-0.2, -0.15) is 0 Å². The zero-order valence-electron chi connectivity index (χ0n) is 16.4. The van der Waals surface area contributed by atoms with Crippen LogP contribution in [0.3, 0.4) is 0 Å². The molecule has 2 aromatic carbocycles. The summed E-state index contributed by atoms with van der Waals surface area (Å²) in [6.45, 7) is 2.37. The fraction of sp³-hybridized carbons (Fsp3) is 0.304. The summed E-state index contributed by atoms with van der Waals surface area (Å²) in [4.78, 5) is 27.5. The molecule has 1 atom stereocenters. The lowest BCUT2D eigenvalue weighted by molar-refractivity contribution is 0.0897.